The molecule has 0 spiro atoms. The van der Waals surface area contributed by atoms with Crippen molar-refractivity contribution in [3.05, 3.63) is 53.5 Å². The number of benzene rings is 1. The highest BCUT2D eigenvalue weighted by atomic mass is 16.3. The maximum Gasteiger partial charge on any atom is 0.248 e. The molecule has 1 fully saturated rings. The van der Waals surface area contributed by atoms with Crippen LogP contribution in [0, 0.1) is 13.8 Å². The highest BCUT2D eigenvalue weighted by molar-refractivity contribution is 6.02. The summed E-state index contributed by atoms with van der Waals surface area (Å²) in [5, 5.41) is 2.92. The summed E-state index contributed by atoms with van der Waals surface area (Å²) in [6.07, 6.45) is 5.69. The van der Waals surface area contributed by atoms with E-state index in [2.05, 4.69) is 22.3 Å². The third-order valence-electron chi connectivity index (χ3n) is 4.10. The van der Waals surface area contributed by atoms with Crippen LogP contribution in [0.3, 0.4) is 0 Å². The summed E-state index contributed by atoms with van der Waals surface area (Å²) < 4.78 is 5.41. The van der Waals surface area contributed by atoms with Crippen LogP contribution in [0.4, 0.5) is 11.4 Å². The second-order valence-corrected chi connectivity index (χ2v) is 5.96. The zero-order valence-corrected chi connectivity index (χ0v) is 13.6. The summed E-state index contributed by atoms with van der Waals surface area (Å²) in [6.45, 7) is 6.14. The van der Waals surface area contributed by atoms with Crippen LogP contribution in [0.2, 0.25) is 0 Å². The molecule has 2 heterocycles. The Balaban J connectivity index is 1.65. The van der Waals surface area contributed by atoms with Crippen molar-refractivity contribution in [1.29, 1.82) is 0 Å². The minimum absolute atomic E-state index is 0.156. The molecule has 1 aliphatic heterocycles. The molecule has 0 atom stereocenters. The van der Waals surface area contributed by atoms with E-state index in [1.54, 1.807) is 6.08 Å². The van der Waals surface area contributed by atoms with Crippen LogP contribution in [0.25, 0.3) is 6.08 Å². The van der Waals surface area contributed by atoms with Crippen molar-refractivity contribution in [2.75, 3.05) is 23.3 Å². The maximum atomic E-state index is 12.0. The monoisotopic (exact) mass is 310 g/mol. The number of anilines is 2. The summed E-state index contributed by atoms with van der Waals surface area (Å²) in [7, 11) is 0. The van der Waals surface area contributed by atoms with E-state index in [1.165, 1.54) is 24.6 Å². The average molecular weight is 310 g/mol. The standard InChI is InChI=1S/C19H22N2O2/c1-14-13-16(21-11-3-4-12-21)6-9-18(14)20-19(22)10-8-17-7-5-15(2)23-17/h5-10,13H,3-4,11-12H2,1-2H3,(H,20,22)/b10-8+. The van der Waals surface area contributed by atoms with Gasteiger partial charge in [0.05, 0.1) is 0 Å². The molecule has 1 aromatic carbocycles. The van der Waals surface area contributed by atoms with Crippen molar-refractivity contribution in [1.82, 2.24) is 0 Å². The van der Waals surface area contributed by atoms with Gasteiger partial charge in [-0.3, -0.25) is 4.79 Å². The molecule has 1 saturated heterocycles. The number of amides is 1. The van der Waals surface area contributed by atoms with Gasteiger partial charge in [-0.15, -0.1) is 0 Å². The molecule has 3 rings (SSSR count). The molecule has 0 bridgehead atoms. The van der Waals surface area contributed by atoms with Gasteiger partial charge in [0.1, 0.15) is 11.5 Å². The number of rotatable bonds is 4. The van der Waals surface area contributed by atoms with Gasteiger partial charge in [0.2, 0.25) is 5.91 Å². The summed E-state index contributed by atoms with van der Waals surface area (Å²) in [5.74, 6) is 1.35. The summed E-state index contributed by atoms with van der Waals surface area (Å²) in [4.78, 5) is 14.4. The van der Waals surface area contributed by atoms with Gasteiger partial charge < -0.3 is 14.6 Å². The predicted octanol–water partition coefficient (Wildman–Crippen LogP) is 4.15. The molecule has 1 aliphatic rings. The van der Waals surface area contributed by atoms with Gasteiger partial charge in [-0.05, 0) is 68.7 Å². The van der Waals surface area contributed by atoms with E-state index >= 15 is 0 Å². The number of aryl methyl sites for hydroxylation is 2. The molecule has 1 N–H and O–H groups in total. The van der Waals surface area contributed by atoms with Gasteiger partial charge in [-0.25, -0.2) is 0 Å². The molecule has 23 heavy (non-hydrogen) atoms. The number of hydrogen-bond acceptors (Lipinski definition) is 3. The van der Waals surface area contributed by atoms with Gasteiger partial charge in [0, 0.05) is 30.5 Å². The quantitative estimate of drug-likeness (QED) is 0.863. The first-order chi connectivity index (χ1) is 11.1. The van der Waals surface area contributed by atoms with Crippen LogP contribution >= 0.6 is 0 Å². The summed E-state index contributed by atoms with van der Waals surface area (Å²) >= 11 is 0. The first kappa shape index (κ1) is 15.4. The first-order valence-electron chi connectivity index (χ1n) is 8.03. The lowest BCUT2D eigenvalue weighted by Gasteiger charge is -2.19. The molecule has 0 aliphatic carbocycles. The van der Waals surface area contributed by atoms with Crippen molar-refractivity contribution in [3.63, 3.8) is 0 Å². The van der Waals surface area contributed by atoms with Crippen LogP contribution in [0.1, 0.15) is 29.9 Å². The Labute approximate surface area is 136 Å². The Bertz CT molecular complexity index is 725. The first-order valence-corrected chi connectivity index (χ1v) is 8.03. The van der Waals surface area contributed by atoms with Crippen LogP contribution in [-0.4, -0.2) is 19.0 Å². The van der Waals surface area contributed by atoms with E-state index in [0.717, 1.165) is 30.1 Å². The van der Waals surface area contributed by atoms with E-state index in [-0.39, 0.29) is 5.91 Å². The SMILES string of the molecule is Cc1ccc(/C=C/C(=O)Nc2ccc(N3CCCC3)cc2C)o1. The topological polar surface area (TPSA) is 45.5 Å². The van der Waals surface area contributed by atoms with Gasteiger partial charge in [-0.2, -0.15) is 0 Å². The largest absolute Gasteiger partial charge is 0.462 e. The second kappa shape index (κ2) is 6.73. The number of furan rings is 1. The van der Waals surface area contributed by atoms with Gasteiger partial charge in [-0.1, -0.05) is 0 Å². The van der Waals surface area contributed by atoms with Crippen molar-refractivity contribution in [2.45, 2.75) is 26.7 Å². The van der Waals surface area contributed by atoms with Crippen molar-refractivity contribution >= 4 is 23.4 Å². The summed E-state index contributed by atoms with van der Waals surface area (Å²) in [5.41, 5.74) is 3.16. The lowest BCUT2D eigenvalue weighted by molar-refractivity contribution is -0.111. The average Bonchev–Trinajstić information content (AvgIpc) is 3.19. The molecule has 4 heteroatoms. The fraction of sp³-hybridized carbons (Fsp3) is 0.316. The Kier molecular flexibility index (Phi) is 4.51. The third kappa shape index (κ3) is 3.83. The Hall–Kier alpha value is -2.49. The molecular formula is C19H22N2O2. The molecular weight excluding hydrogens is 288 g/mol. The van der Waals surface area contributed by atoms with Crippen LogP contribution in [-0.2, 0) is 4.79 Å². The minimum atomic E-state index is -0.156. The minimum Gasteiger partial charge on any atom is -0.462 e. The van der Waals surface area contributed by atoms with Crippen LogP contribution < -0.4 is 10.2 Å². The highest BCUT2D eigenvalue weighted by Gasteiger charge is 2.13. The Morgan fingerprint density at radius 1 is 1.17 bits per heavy atom. The number of nitrogens with one attached hydrogen (secondary N) is 1. The second-order valence-electron chi connectivity index (χ2n) is 5.96. The molecule has 1 aromatic heterocycles. The molecule has 0 saturated carbocycles. The Morgan fingerprint density at radius 2 is 1.96 bits per heavy atom. The van der Waals surface area contributed by atoms with E-state index in [1.807, 2.05) is 32.0 Å². The number of carbonyl (C=O) groups excluding carboxylic acids is 1. The molecule has 4 nitrogen and oxygen atoms in total. The molecule has 0 unspecified atom stereocenters. The fourth-order valence-electron chi connectivity index (χ4n) is 2.84. The lowest BCUT2D eigenvalue weighted by atomic mass is 10.1. The van der Waals surface area contributed by atoms with Crippen molar-refractivity contribution < 1.29 is 9.21 Å². The van der Waals surface area contributed by atoms with E-state index in [0.29, 0.717) is 5.76 Å². The van der Waals surface area contributed by atoms with Gasteiger partial charge in [0.15, 0.2) is 0 Å². The van der Waals surface area contributed by atoms with Gasteiger partial charge >= 0.3 is 0 Å². The summed E-state index contributed by atoms with van der Waals surface area (Å²) in [6, 6.07) is 9.91. The maximum absolute atomic E-state index is 12.0. The normalized spacial score (nSPS) is 14.6. The smallest absolute Gasteiger partial charge is 0.248 e. The van der Waals surface area contributed by atoms with E-state index in [9.17, 15) is 4.79 Å². The number of carbonyl (C=O) groups is 1. The molecule has 2 aromatic rings. The highest BCUT2D eigenvalue weighted by Crippen LogP contribution is 2.25. The predicted molar refractivity (Wildman–Crippen MR) is 93.7 cm³/mol. The van der Waals surface area contributed by atoms with E-state index in [4.69, 9.17) is 4.42 Å². The number of nitrogens with zero attached hydrogens (tertiary/aromatic N) is 1. The van der Waals surface area contributed by atoms with Crippen LogP contribution in [0.5, 0.6) is 0 Å². The molecule has 120 valence electrons. The van der Waals surface area contributed by atoms with E-state index < -0.39 is 0 Å². The third-order valence-corrected chi connectivity index (χ3v) is 4.10. The zero-order valence-electron chi connectivity index (χ0n) is 13.6. The van der Waals surface area contributed by atoms with Crippen molar-refractivity contribution in [2.24, 2.45) is 0 Å². The van der Waals surface area contributed by atoms with Gasteiger partial charge in [0.25, 0.3) is 0 Å². The van der Waals surface area contributed by atoms with Crippen LogP contribution in [0.15, 0.2) is 40.8 Å². The molecule has 1 amide bonds. The zero-order chi connectivity index (χ0) is 16.2. The van der Waals surface area contributed by atoms with Crippen molar-refractivity contribution in [3.8, 4) is 0 Å². The Morgan fingerprint density at radius 3 is 2.61 bits per heavy atom. The lowest BCUT2D eigenvalue weighted by Crippen LogP contribution is -2.18. The number of hydrogen-bond donors (Lipinski definition) is 1. The molecule has 0 radical (unpaired) electrons. The fourth-order valence-corrected chi connectivity index (χ4v) is 2.84.